The molecule has 104 valence electrons. The molecule has 0 bridgehead atoms. The van der Waals surface area contributed by atoms with E-state index in [2.05, 4.69) is 24.0 Å². The summed E-state index contributed by atoms with van der Waals surface area (Å²) in [7, 11) is 2.09. The minimum absolute atomic E-state index is 0.289. The van der Waals surface area contributed by atoms with Crippen molar-refractivity contribution in [3.8, 4) is 0 Å². The summed E-state index contributed by atoms with van der Waals surface area (Å²) >= 11 is 6.28. The van der Waals surface area contributed by atoms with Gasteiger partial charge in [-0.1, -0.05) is 11.6 Å². The molecule has 0 spiro atoms. The van der Waals surface area contributed by atoms with E-state index in [0.717, 1.165) is 55.3 Å². The van der Waals surface area contributed by atoms with E-state index in [1.165, 1.54) is 0 Å². The largest absolute Gasteiger partial charge is 0.396 e. The van der Waals surface area contributed by atoms with Crippen LogP contribution in [0.5, 0.6) is 0 Å². The van der Waals surface area contributed by atoms with Crippen molar-refractivity contribution >= 4 is 11.6 Å². The molecule has 0 saturated carbocycles. The van der Waals surface area contributed by atoms with Crippen molar-refractivity contribution in [3.05, 3.63) is 16.4 Å². The van der Waals surface area contributed by atoms with E-state index in [-0.39, 0.29) is 6.61 Å². The highest BCUT2D eigenvalue weighted by Gasteiger charge is 2.13. The normalized spacial score (nSPS) is 11.4. The van der Waals surface area contributed by atoms with Gasteiger partial charge in [0, 0.05) is 19.7 Å². The third-order valence-electron chi connectivity index (χ3n) is 3.07. The van der Waals surface area contributed by atoms with E-state index in [4.69, 9.17) is 16.7 Å². The van der Waals surface area contributed by atoms with Crippen molar-refractivity contribution in [2.24, 2.45) is 0 Å². The van der Waals surface area contributed by atoms with Crippen molar-refractivity contribution < 1.29 is 5.11 Å². The molecular weight excluding hydrogens is 250 g/mol. The maximum atomic E-state index is 8.73. The van der Waals surface area contributed by atoms with E-state index < -0.39 is 0 Å². The van der Waals surface area contributed by atoms with Gasteiger partial charge in [-0.2, -0.15) is 5.10 Å². The van der Waals surface area contributed by atoms with Crippen molar-refractivity contribution in [3.63, 3.8) is 0 Å². The molecule has 5 heteroatoms. The summed E-state index contributed by atoms with van der Waals surface area (Å²) in [5.74, 6) is 0. The van der Waals surface area contributed by atoms with Crippen molar-refractivity contribution in [2.45, 2.75) is 46.2 Å². The second-order valence-corrected chi connectivity index (χ2v) is 5.06. The molecule has 0 aliphatic heterocycles. The Hall–Kier alpha value is -0.580. The number of aliphatic hydroxyl groups excluding tert-OH is 1. The fraction of sp³-hybridized carbons (Fsp3) is 0.769. The van der Waals surface area contributed by atoms with Crippen molar-refractivity contribution in [2.75, 3.05) is 20.2 Å². The minimum Gasteiger partial charge on any atom is -0.396 e. The first-order valence-electron chi connectivity index (χ1n) is 6.61. The molecule has 0 aromatic carbocycles. The smallest absolute Gasteiger partial charge is 0.0860 e. The zero-order valence-electron chi connectivity index (χ0n) is 11.6. The summed E-state index contributed by atoms with van der Waals surface area (Å²) in [5.41, 5.74) is 2.00. The maximum absolute atomic E-state index is 8.73. The minimum atomic E-state index is 0.289. The van der Waals surface area contributed by atoms with Crippen LogP contribution in [-0.4, -0.2) is 40.0 Å². The Labute approximate surface area is 115 Å². The summed E-state index contributed by atoms with van der Waals surface area (Å²) in [6.45, 7) is 7.00. The number of unbranched alkanes of at least 4 members (excludes halogenated alkanes) is 2. The fourth-order valence-electron chi connectivity index (χ4n) is 2.03. The number of nitrogens with zero attached hydrogens (tertiary/aromatic N) is 3. The summed E-state index contributed by atoms with van der Waals surface area (Å²) in [6, 6.07) is 0. The van der Waals surface area contributed by atoms with Crippen LogP contribution >= 0.6 is 11.6 Å². The lowest BCUT2D eigenvalue weighted by molar-refractivity contribution is 0.269. The Bertz CT molecular complexity index is 365. The van der Waals surface area contributed by atoms with Gasteiger partial charge in [0.25, 0.3) is 0 Å². The first-order chi connectivity index (χ1) is 8.60. The summed E-state index contributed by atoms with van der Waals surface area (Å²) in [6.07, 6.45) is 3.06. The monoisotopic (exact) mass is 273 g/mol. The molecule has 0 fully saturated rings. The molecule has 1 heterocycles. The zero-order chi connectivity index (χ0) is 13.5. The van der Waals surface area contributed by atoms with Crippen LogP contribution in [0.1, 0.15) is 37.6 Å². The molecule has 0 aliphatic carbocycles. The summed E-state index contributed by atoms with van der Waals surface area (Å²) in [4.78, 5) is 2.26. The lowest BCUT2D eigenvalue weighted by atomic mass is 10.2. The molecule has 4 nitrogen and oxygen atoms in total. The topological polar surface area (TPSA) is 41.3 Å². The van der Waals surface area contributed by atoms with E-state index >= 15 is 0 Å². The third-order valence-corrected chi connectivity index (χ3v) is 3.56. The highest BCUT2D eigenvalue weighted by atomic mass is 35.5. The Morgan fingerprint density at radius 2 is 2.06 bits per heavy atom. The number of aliphatic hydroxyl groups is 1. The molecule has 1 rings (SSSR count). The molecule has 1 N–H and O–H groups in total. The number of aryl methyl sites for hydroxylation is 2. The highest BCUT2D eigenvalue weighted by Crippen LogP contribution is 2.21. The predicted molar refractivity (Wildman–Crippen MR) is 74.9 cm³/mol. The number of rotatable bonds is 8. The second kappa shape index (κ2) is 7.77. The van der Waals surface area contributed by atoms with E-state index in [0.29, 0.717) is 0 Å². The number of hydrogen-bond donors (Lipinski definition) is 1. The van der Waals surface area contributed by atoms with E-state index in [1.54, 1.807) is 0 Å². The summed E-state index contributed by atoms with van der Waals surface area (Å²) in [5, 5.41) is 13.9. The van der Waals surface area contributed by atoms with Gasteiger partial charge in [0.1, 0.15) is 0 Å². The number of halogens is 1. The quantitative estimate of drug-likeness (QED) is 0.740. The first kappa shape index (κ1) is 15.5. The average molecular weight is 274 g/mol. The third kappa shape index (κ3) is 4.26. The van der Waals surface area contributed by atoms with Crippen LogP contribution in [-0.2, 0) is 13.1 Å². The van der Waals surface area contributed by atoms with Gasteiger partial charge in [-0.15, -0.1) is 0 Å². The van der Waals surface area contributed by atoms with Crippen LogP contribution in [0.3, 0.4) is 0 Å². The van der Waals surface area contributed by atoms with E-state index in [9.17, 15) is 0 Å². The number of hydrogen-bond acceptors (Lipinski definition) is 3. The summed E-state index contributed by atoms with van der Waals surface area (Å²) < 4.78 is 1.97. The van der Waals surface area contributed by atoms with Crippen LogP contribution in [0, 0.1) is 6.92 Å². The van der Waals surface area contributed by atoms with Gasteiger partial charge in [-0.05, 0) is 46.7 Å². The van der Waals surface area contributed by atoms with Gasteiger partial charge in [0.15, 0.2) is 0 Å². The zero-order valence-corrected chi connectivity index (χ0v) is 12.4. The lowest BCUT2D eigenvalue weighted by Crippen LogP contribution is -2.21. The molecule has 18 heavy (non-hydrogen) atoms. The molecule has 0 aliphatic rings. The Morgan fingerprint density at radius 3 is 2.67 bits per heavy atom. The maximum Gasteiger partial charge on any atom is 0.0860 e. The molecule has 0 amide bonds. The standard InChI is InChI=1S/C13H24ClN3O/c1-4-17-12(13(14)11(2)15-17)10-16(3)8-6-5-7-9-18/h18H,4-10H2,1-3H3. The van der Waals surface area contributed by atoms with Crippen molar-refractivity contribution in [1.29, 1.82) is 0 Å². The molecular formula is C13H24ClN3O. The van der Waals surface area contributed by atoms with Crippen LogP contribution < -0.4 is 0 Å². The molecule has 0 saturated heterocycles. The SMILES string of the molecule is CCn1nc(C)c(Cl)c1CN(C)CCCCCO. The molecule has 0 radical (unpaired) electrons. The molecule has 1 aromatic heterocycles. The van der Waals surface area contributed by atoms with Gasteiger partial charge in [-0.3, -0.25) is 4.68 Å². The predicted octanol–water partition coefficient (Wildman–Crippen LogP) is 2.46. The van der Waals surface area contributed by atoms with Crippen LogP contribution in [0.2, 0.25) is 5.02 Å². The van der Waals surface area contributed by atoms with Gasteiger partial charge in [-0.25, -0.2) is 0 Å². The Kier molecular flexibility index (Phi) is 6.68. The van der Waals surface area contributed by atoms with Gasteiger partial charge >= 0.3 is 0 Å². The lowest BCUT2D eigenvalue weighted by Gasteiger charge is -2.17. The Balaban J connectivity index is 2.50. The molecule has 0 atom stereocenters. The van der Waals surface area contributed by atoms with Gasteiger partial charge in [0.05, 0.1) is 16.4 Å². The van der Waals surface area contributed by atoms with Gasteiger partial charge in [0.2, 0.25) is 0 Å². The van der Waals surface area contributed by atoms with Crippen molar-refractivity contribution in [1.82, 2.24) is 14.7 Å². The van der Waals surface area contributed by atoms with Crippen LogP contribution in [0.15, 0.2) is 0 Å². The average Bonchev–Trinajstić information content (AvgIpc) is 2.62. The number of aromatic nitrogens is 2. The van der Waals surface area contributed by atoms with E-state index in [1.807, 2.05) is 11.6 Å². The van der Waals surface area contributed by atoms with Crippen LogP contribution in [0.4, 0.5) is 0 Å². The highest BCUT2D eigenvalue weighted by molar-refractivity contribution is 6.31. The molecule has 1 aromatic rings. The fourth-order valence-corrected chi connectivity index (χ4v) is 2.22. The van der Waals surface area contributed by atoms with Gasteiger partial charge < -0.3 is 10.0 Å². The molecule has 0 unspecified atom stereocenters. The first-order valence-corrected chi connectivity index (χ1v) is 6.99. The Morgan fingerprint density at radius 1 is 1.33 bits per heavy atom. The van der Waals surface area contributed by atoms with Crippen LogP contribution in [0.25, 0.3) is 0 Å². The second-order valence-electron chi connectivity index (χ2n) is 4.68.